The van der Waals surface area contributed by atoms with Crippen LogP contribution in [0.15, 0.2) is 0 Å². The second-order valence-electron chi connectivity index (χ2n) is 6.65. The predicted octanol–water partition coefficient (Wildman–Crippen LogP) is 2.77. The van der Waals surface area contributed by atoms with Crippen LogP contribution < -0.4 is 0 Å². The van der Waals surface area contributed by atoms with Crippen molar-refractivity contribution in [3.63, 3.8) is 0 Å². The summed E-state index contributed by atoms with van der Waals surface area (Å²) in [4.78, 5) is 0. The minimum atomic E-state index is -2.15. The summed E-state index contributed by atoms with van der Waals surface area (Å²) in [7, 11) is -5.37. The first kappa shape index (κ1) is 18.5. The van der Waals surface area contributed by atoms with E-state index in [-0.39, 0.29) is 6.61 Å². The van der Waals surface area contributed by atoms with Crippen molar-refractivity contribution in [3.05, 3.63) is 0 Å². The normalized spacial score (nSPS) is 14.0. The Balaban J connectivity index is 4.50. The average molecular weight is 311 g/mol. The molecule has 0 aromatic rings. The van der Waals surface area contributed by atoms with Gasteiger partial charge in [0.1, 0.15) is 0 Å². The lowest BCUT2D eigenvalue weighted by Crippen LogP contribution is -2.53. The van der Waals surface area contributed by atoms with E-state index in [1.165, 1.54) is 0 Å². The highest BCUT2D eigenvalue weighted by Crippen LogP contribution is 2.24. The fourth-order valence-electron chi connectivity index (χ4n) is 1.84. The molecule has 0 fully saturated rings. The van der Waals surface area contributed by atoms with Crippen LogP contribution in [0.2, 0.25) is 51.9 Å². The first-order valence-electron chi connectivity index (χ1n) is 6.56. The number of ether oxygens (including phenoxy) is 1. The van der Waals surface area contributed by atoms with Crippen molar-refractivity contribution < 1.29 is 18.1 Å². The second-order valence-corrected chi connectivity index (χ2v) is 19.5. The molecule has 0 aromatic heterocycles. The highest BCUT2D eigenvalue weighted by Gasteiger charge is 2.39. The van der Waals surface area contributed by atoms with Gasteiger partial charge in [0.15, 0.2) is 16.6 Å². The van der Waals surface area contributed by atoms with E-state index in [1.807, 2.05) is 0 Å². The van der Waals surface area contributed by atoms with Crippen molar-refractivity contribution in [1.29, 1.82) is 0 Å². The van der Waals surface area contributed by atoms with Gasteiger partial charge in [0.2, 0.25) is 0 Å². The van der Waals surface area contributed by atoms with Crippen LogP contribution in [0.25, 0.3) is 0 Å². The molecule has 0 radical (unpaired) electrons. The standard InChI is InChI=1S/C11H30O4Si3/c1-16(2,3)14-18(7,15-17(4,5)6)11-10-13-9-8-12/h12H,8-11H2,1-7H3. The van der Waals surface area contributed by atoms with Crippen LogP contribution in [0.4, 0.5) is 0 Å². The molecular formula is C11H30O4Si3. The van der Waals surface area contributed by atoms with E-state index < -0.39 is 25.2 Å². The molecule has 1 N–H and O–H groups in total. The molecule has 4 nitrogen and oxygen atoms in total. The van der Waals surface area contributed by atoms with Gasteiger partial charge in [-0.3, -0.25) is 0 Å². The van der Waals surface area contributed by atoms with Crippen LogP contribution in [0, 0.1) is 0 Å². The quantitative estimate of drug-likeness (QED) is 0.525. The molecule has 0 aliphatic carbocycles. The Morgan fingerprint density at radius 2 is 1.22 bits per heavy atom. The fourth-order valence-corrected chi connectivity index (χ4v) is 14.1. The van der Waals surface area contributed by atoms with E-state index in [1.54, 1.807) is 0 Å². The summed E-state index contributed by atoms with van der Waals surface area (Å²) < 4.78 is 18.0. The zero-order valence-corrected chi connectivity index (χ0v) is 16.0. The van der Waals surface area contributed by atoms with Gasteiger partial charge < -0.3 is 18.1 Å². The summed E-state index contributed by atoms with van der Waals surface area (Å²) in [6, 6.07) is 0.835. The molecule has 0 aliphatic rings. The monoisotopic (exact) mass is 310 g/mol. The summed E-state index contributed by atoms with van der Waals surface area (Å²) in [5.41, 5.74) is 0. The van der Waals surface area contributed by atoms with Crippen LogP contribution in [0.3, 0.4) is 0 Å². The van der Waals surface area contributed by atoms with Gasteiger partial charge in [-0.15, -0.1) is 0 Å². The summed E-state index contributed by atoms with van der Waals surface area (Å²) in [5, 5.41) is 8.71. The largest absolute Gasteiger partial charge is 0.437 e. The van der Waals surface area contributed by atoms with Gasteiger partial charge in [-0.25, -0.2) is 0 Å². The first-order valence-corrected chi connectivity index (χ1v) is 15.9. The highest BCUT2D eigenvalue weighted by molar-refractivity contribution is 6.87. The maximum absolute atomic E-state index is 8.71. The summed E-state index contributed by atoms with van der Waals surface area (Å²) in [6.07, 6.45) is 0. The molecule has 0 unspecified atom stereocenters. The smallest absolute Gasteiger partial charge is 0.316 e. The molecule has 18 heavy (non-hydrogen) atoms. The molecule has 0 rings (SSSR count). The van der Waals surface area contributed by atoms with Crippen LogP contribution in [-0.4, -0.2) is 50.1 Å². The Labute approximate surface area is 115 Å². The van der Waals surface area contributed by atoms with E-state index >= 15 is 0 Å². The van der Waals surface area contributed by atoms with Gasteiger partial charge >= 0.3 is 8.56 Å². The zero-order valence-electron chi connectivity index (χ0n) is 13.0. The molecule has 7 heteroatoms. The number of aliphatic hydroxyl groups excluding tert-OH is 1. The molecule has 0 aromatic carbocycles. The maximum atomic E-state index is 8.71. The van der Waals surface area contributed by atoms with Crippen molar-refractivity contribution in [2.75, 3.05) is 19.8 Å². The van der Waals surface area contributed by atoms with Gasteiger partial charge in [0, 0.05) is 12.7 Å². The molecule has 0 spiro atoms. The SMILES string of the molecule is C[Si](C)(C)O[Si](C)(CCOCCO)O[Si](C)(C)C. The number of hydrogen-bond acceptors (Lipinski definition) is 4. The topological polar surface area (TPSA) is 47.9 Å². The van der Waals surface area contributed by atoms with E-state index in [4.69, 9.17) is 18.1 Å². The zero-order chi connectivity index (χ0) is 14.4. The third-order valence-corrected chi connectivity index (χ3v) is 11.4. The second kappa shape index (κ2) is 7.32. The molecule has 0 bridgehead atoms. The Morgan fingerprint density at radius 3 is 1.56 bits per heavy atom. The van der Waals surface area contributed by atoms with Crippen LogP contribution >= 0.6 is 0 Å². The van der Waals surface area contributed by atoms with E-state index in [2.05, 4.69) is 45.8 Å². The lowest BCUT2D eigenvalue weighted by Gasteiger charge is -2.38. The maximum Gasteiger partial charge on any atom is 0.316 e. The lowest BCUT2D eigenvalue weighted by atomic mass is 10.7. The van der Waals surface area contributed by atoms with Crippen molar-refractivity contribution in [1.82, 2.24) is 0 Å². The van der Waals surface area contributed by atoms with Gasteiger partial charge in [-0.2, -0.15) is 0 Å². The molecule has 0 aliphatic heterocycles. The van der Waals surface area contributed by atoms with Gasteiger partial charge in [0.05, 0.1) is 13.2 Å². The van der Waals surface area contributed by atoms with Crippen LogP contribution in [-0.2, 0) is 13.0 Å². The first-order chi connectivity index (χ1) is 7.97. The number of aliphatic hydroxyl groups is 1. The van der Waals surface area contributed by atoms with Gasteiger partial charge in [-0.1, -0.05) is 0 Å². The van der Waals surface area contributed by atoms with Crippen LogP contribution in [0.1, 0.15) is 0 Å². The molecule has 110 valence electrons. The summed E-state index contributed by atoms with van der Waals surface area (Å²) >= 11 is 0. The molecule has 0 saturated heterocycles. The number of hydrogen-bond donors (Lipinski definition) is 1. The van der Waals surface area contributed by atoms with Crippen molar-refractivity contribution in [3.8, 4) is 0 Å². The van der Waals surface area contributed by atoms with Gasteiger partial charge in [0.25, 0.3) is 0 Å². The summed E-state index contributed by atoms with van der Waals surface area (Å²) in [5.74, 6) is 0. The van der Waals surface area contributed by atoms with Crippen molar-refractivity contribution >= 4 is 25.2 Å². The Kier molecular flexibility index (Phi) is 7.52. The predicted molar refractivity (Wildman–Crippen MR) is 83.2 cm³/mol. The summed E-state index contributed by atoms with van der Waals surface area (Å²) in [6.45, 7) is 16.4. The highest BCUT2D eigenvalue weighted by atomic mass is 28.5. The average Bonchev–Trinajstić information content (AvgIpc) is 2.05. The van der Waals surface area contributed by atoms with Crippen molar-refractivity contribution in [2.45, 2.75) is 51.9 Å². The molecular weight excluding hydrogens is 280 g/mol. The minimum absolute atomic E-state index is 0.0715. The minimum Gasteiger partial charge on any atom is -0.437 e. The van der Waals surface area contributed by atoms with E-state index in [0.717, 1.165) is 6.04 Å². The molecule has 0 saturated carbocycles. The third kappa shape index (κ3) is 10.4. The van der Waals surface area contributed by atoms with Crippen LogP contribution in [0.5, 0.6) is 0 Å². The molecule has 0 atom stereocenters. The third-order valence-electron chi connectivity index (χ3n) is 1.98. The van der Waals surface area contributed by atoms with Crippen molar-refractivity contribution in [2.24, 2.45) is 0 Å². The van der Waals surface area contributed by atoms with E-state index in [0.29, 0.717) is 13.2 Å². The Hall–Kier alpha value is 0.491. The molecule has 0 amide bonds. The van der Waals surface area contributed by atoms with Gasteiger partial charge in [-0.05, 0) is 45.8 Å². The Morgan fingerprint density at radius 1 is 0.778 bits per heavy atom. The fraction of sp³-hybridized carbons (Fsp3) is 1.00. The molecule has 0 heterocycles. The van der Waals surface area contributed by atoms with E-state index in [9.17, 15) is 0 Å². The Bertz CT molecular complexity index is 219. The lowest BCUT2D eigenvalue weighted by molar-refractivity contribution is 0.0981. The number of rotatable bonds is 9.